The summed E-state index contributed by atoms with van der Waals surface area (Å²) in [6.07, 6.45) is 3.02. The summed E-state index contributed by atoms with van der Waals surface area (Å²) in [7, 11) is 1.46. The van der Waals surface area contributed by atoms with E-state index in [4.69, 9.17) is 16.3 Å². The second-order valence-electron chi connectivity index (χ2n) is 12.6. The molecule has 1 saturated carbocycles. The lowest BCUT2D eigenvalue weighted by Crippen LogP contribution is -2.53. The lowest BCUT2D eigenvalue weighted by molar-refractivity contribution is -0.141. The van der Waals surface area contributed by atoms with E-state index in [1.165, 1.54) is 48.4 Å². The van der Waals surface area contributed by atoms with Gasteiger partial charge in [0.2, 0.25) is 11.8 Å². The highest BCUT2D eigenvalue weighted by Crippen LogP contribution is 2.65. The van der Waals surface area contributed by atoms with Gasteiger partial charge in [0.15, 0.2) is 0 Å². The normalized spacial score (nSPS) is 28.2. The number of anilines is 1. The largest absolute Gasteiger partial charge is 0.508 e. The van der Waals surface area contributed by atoms with Gasteiger partial charge in [-0.2, -0.15) is 5.01 Å². The average molecular weight is 658 g/mol. The van der Waals surface area contributed by atoms with Crippen molar-refractivity contribution in [3.8, 4) is 11.5 Å². The van der Waals surface area contributed by atoms with Crippen LogP contribution in [0.3, 0.4) is 0 Å². The number of carbonyl (C=O) groups is 4. The molecule has 0 spiro atoms. The van der Waals surface area contributed by atoms with Crippen LogP contribution in [0.5, 0.6) is 11.5 Å². The van der Waals surface area contributed by atoms with Crippen LogP contribution in [-0.4, -0.2) is 52.3 Å². The van der Waals surface area contributed by atoms with Gasteiger partial charge in [-0.05, 0) is 73.2 Å². The molecule has 242 valence electrons. The van der Waals surface area contributed by atoms with Crippen molar-refractivity contribution >= 4 is 40.9 Å². The van der Waals surface area contributed by atoms with Crippen molar-refractivity contribution in [3.63, 3.8) is 0 Å². The average Bonchev–Trinajstić information content (AvgIpc) is 3.43. The van der Waals surface area contributed by atoms with Gasteiger partial charge in [-0.15, -0.1) is 0 Å². The summed E-state index contributed by atoms with van der Waals surface area (Å²) in [5, 5.41) is 11.9. The standard InChI is InChI=1S/C36H33ClFN3O6/c1-3-16-40-32(43)26-15-14-24-27(30(26)34(40)45)18-28-33(44)41(39-22-10-8-21(38)9-11-22)35(46)36(28,19-4-6-20(37)7-5-19)31(24)25-13-12-23(42)17-29(25)47-2/h4-14,17,26-28,30-31,39,42H,3,15-16,18H2,1-2H3. The Morgan fingerprint density at radius 1 is 0.979 bits per heavy atom. The van der Waals surface area contributed by atoms with Crippen molar-refractivity contribution in [2.75, 3.05) is 19.1 Å². The van der Waals surface area contributed by atoms with Crippen molar-refractivity contribution < 1.29 is 33.4 Å². The number of aromatic hydroxyl groups is 1. The lowest BCUT2D eigenvalue weighted by Gasteiger charge is -2.50. The maximum Gasteiger partial charge on any atom is 0.260 e. The summed E-state index contributed by atoms with van der Waals surface area (Å²) in [5.74, 6) is -5.32. The highest BCUT2D eigenvalue weighted by atomic mass is 35.5. The zero-order valence-electron chi connectivity index (χ0n) is 25.8. The van der Waals surface area contributed by atoms with Crippen LogP contribution >= 0.6 is 11.6 Å². The molecule has 6 atom stereocenters. The Kier molecular flexibility index (Phi) is 7.58. The molecule has 11 heteroatoms. The highest BCUT2D eigenvalue weighted by molar-refractivity contribution is 6.30. The minimum atomic E-state index is -1.54. The number of hydrogen-bond acceptors (Lipinski definition) is 7. The minimum Gasteiger partial charge on any atom is -0.508 e. The summed E-state index contributed by atoms with van der Waals surface area (Å²) in [5.41, 5.74) is 3.58. The monoisotopic (exact) mass is 657 g/mol. The zero-order valence-corrected chi connectivity index (χ0v) is 26.5. The first-order valence-corrected chi connectivity index (χ1v) is 16.1. The van der Waals surface area contributed by atoms with E-state index >= 15 is 4.79 Å². The number of phenolic OH excluding ortho intramolecular Hbond substituents is 1. The van der Waals surface area contributed by atoms with Gasteiger partial charge in [0.25, 0.3) is 11.8 Å². The number of nitrogens with one attached hydrogen (secondary N) is 1. The van der Waals surface area contributed by atoms with Crippen LogP contribution in [0.4, 0.5) is 10.1 Å². The third-order valence-corrected chi connectivity index (χ3v) is 10.6. The number of phenols is 1. The molecule has 0 bridgehead atoms. The first-order chi connectivity index (χ1) is 22.6. The van der Waals surface area contributed by atoms with E-state index in [0.717, 1.165) is 10.6 Å². The van der Waals surface area contributed by atoms with E-state index in [2.05, 4.69) is 5.43 Å². The van der Waals surface area contributed by atoms with Crippen LogP contribution in [0, 0.1) is 29.5 Å². The molecular formula is C36H33ClFN3O6. The Balaban J connectivity index is 1.47. The molecule has 7 rings (SSSR count). The fraction of sp³-hybridized carbons (Fsp3) is 0.333. The van der Waals surface area contributed by atoms with Crippen LogP contribution in [0.15, 0.2) is 78.4 Å². The molecular weight excluding hydrogens is 625 g/mol. The molecule has 2 aliphatic heterocycles. The first-order valence-electron chi connectivity index (χ1n) is 15.7. The van der Waals surface area contributed by atoms with Crippen LogP contribution < -0.4 is 10.2 Å². The lowest BCUT2D eigenvalue weighted by atomic mass is 9.49. The predicted molar refractivity (Wildman–Crippen MR) is 171 cm³/mol. The zero-order chi connectivity index (χ0) is 33.2. The van der Waals surface area contributed by atoms with Gasteiger partial charge in [0.05, 0.1) is 36.0 Å². The van der Waals surface area contributed by atoms with E-state index in [1.54, 1.807) is 30.3 Å². The topological polar surface area (TPSA) is 116 Å². The number of halogens is 2. The number of hydrazine groups is 1. The Morgan fingerprint density at radius 2 is 1.70 bits per heavy atom. The fourth-order valence-electron chi connectivity index (χ4n) is 8.45. The van der Waals surface area contributed by atoms with Gasteiger partial charge in [-0.3, -0.25) is 29.5 Å². The minimum absolute atomic E-state index is 0.0482. The number of hydrogen-bond donors (Lipinski definition) is 2. The van der Waals surface area contributed by atoms with Crippen molar-refractivity contribution in [1.82, 2.24) is 9.91 Å². The van der Waals surface area contributed by atoms with Crippen molar-refractivity contribution in [3.05, 3.63) is 100 Å². The summed E-state index contributed by atoms with van der Waals surface area (Å²) < 4.78 is 19.6. The van der Waals surface area contributed by atoms with E-state index in [-0.39, 0.29) is 24.0 Å². The molecule has 3 aromatic rings. The van der Waals surface area contributed by atoms with Crippen LogP contribution in [0.2, 0.25) is 5.02 Å². The van der Waals surface area contributed by atoms with Gasteiger partial charge in [-0.1, -0.05) is 48.4 Å². The Morgan fingerprint density at radius 3 is 2.38 bits per heavy atom. The number of imide groups is 2. The molecule has 9 nitrogen and oxygen atoms in total. The number of allylic oxidation sites excluding steroid dienone is 2. The predicted octanol–water partition coefficient (Wildman–Crippen LogP) is 5.59. The van der Waals surface area contributed by atoms with Crippen molar-refractivity contribution in [2.24, 2.45) is 23.7 Å². The van der Waals surface area contributed by atoms with Gasteiger partial charge >= 0.3 is 0 Å². The number of methoxy groups -OCH3 is 1. The maximum atomic E-state index is 15.1. The summed E-state index contributed by atoms with van der Waals surface area (Å²) in [6.45, 7) is 2.22. The number of fused-ring (bicyclic) bond motifs is 4. The van der Waals surface area contributed by atoms with Gasteiger partial charge in [0.1, 0.15) is 17.3 Å². The fourth-order valence-corrected chi connectivity index (χ4v) is 8.57. The molecule has 0 aromatic heterocycles. The molecule has 2 N–H and O–H groups in total. The van der Waals surface area contributed by atoms with E-state index in [9.17, 15) is 23.9 Å². The smallest absolute Gasteiger partial charge is 0.260 e. The van der Waals surface area contributed by atoms with Gasteiger partial charge in [-0.25, -0.2) is 4.39 Å². The SMILES string of the molecule is CCCN1C(=O)C2CC=C3C(CC4C(=O)N(Nc5ccc(F)cc5)C(=O)C4(c4ccc(Cl)cc4)C3c3ccc(O)cc3OC)C2C1=O. The molecule has 3 aromatic carbocycles. The second-order valence-corrected chi connectivity index (χ2v) is 13.1. The number of ether oxygens (including phenoxy) is 1. The number of amides is 4. The summed E-state index contributed by atoms with van der Waals surface area (Å²) in [6, 6.07) is 16.8. The molecule has 4 aliphatic rings. The molecule has 4 amide bonds. The van der Waals surface area contributed by atoms with Crippen molar-refractivity contribution in [1.29, 1.82) is 0 Å². The first kappa shape index (κ1) is 30.9. The Labute approximate surface area is 275 Å². The molecule has 3 fully saturated rings. The molecule has 2 aliphatic carbocycles. The number of carbonyl (C=O) groups excluding carboxylic acids is 4. The number of rotatable bonds is 7. The number of likely N-dealkylation sites (tertiary alicyclic amines) is 1. The third kappa shape index (κ3) is 4.56. The number of nitrogens with zero attached hydrogens (tertiary/aromatic N) is 2. The molecule has 6 unspecified atom stereocenters. The maximum absolute atomic E-state index is 15.1. The molecule has 0 radical (unpaired) electrons. The van der Waals surface area contributed by atoms with Crippen LogP contribution in [-0.2, 0) is 24.6 Å². The third-order valence-electron chi connectivity index (χ3n) is 10.3. The Hall–Kier alpha value is -4.70. The quantitative estimate of drug-likeness (QED) is 0.251. The van der Waals surface area contributed by atoms with Crippen LogP contribution in [0.25, 0.3) is 0 Å². The van der Waals surface area contributed by atoms with Gasteiger partial charge < -0.3 is 9.84 Å². The summed E-state index contributed by atoms with van der Waals surface area (Å²) in [4.78, 5) is 58.5. The van der Waals surface area contributed by atoms with E-state index in [0.29, 0.717) is 47.0 Å². The summed E-state index contributed by atoms with van der Waals surface area (Å²) >= 11 is 6.33. The van der Waals surface area contributed by atoms with E-state index in [1.807, 2.05) is 13.0 Å². The Bertz CT molecular complexity index is 1830. The molecule has 47 heavy (non-hydrogen) atoms. The van der Waals surface area contributed by atoms with Gasteiger partial charge in [0, 0.05) is 29.1 Å². The second kappa shape index (κ2) is 11.5. The molecule has 2 saturated heterocycles. The van der Waals surface area contributed by atoms with E-state index < -0.39 is 52.6 Å². The van der Waals surface area contributed by atoms with Crippen molar-refractivity contribution in [2.45, 2.75) is 37.5 Å². The van der Waals surface area contributed by atoms with Crippen LogP contribution in [0.1, 0.15) is 43.2 Å². The number of benzene rings is 3. The highest BCUT2D eigenvalue weighted by Gasteiger charge is 2.70. The molecule has 2 heterocycles.